The summed E-state index contributed by atoms with van der Waals surface area (Å²) in [5.74, 6) is 0.929. The Hall–Kier alpha value is -2.17. The van der Waals surface area contributed by atoms with Crippen molar-refractivity contribution in [3.8, 4) is 0 Å². The molecule has 0 atom stereocenters. The van der Waals surface area contributed by atoms with Crippen molar-refractivity contribution in [2.75, 3.05) is 44.0 Å². The second kappa shape index (κ2) is 8.89. The Bertz CT molecular complexity index is 937. The molecule has 0 aromatic carbocycles. The third kappa shape index (κ3) is 4.29. The molecule has 0 aliphatic carbocycles. The largest absolute Gasteiger partial charge is 0.378 e. The molecule has 148 valence electrons. The Morgan fingerprint density at radius 1 is 1.36 bits per heavy atom. The van der Waals surface area contributed by atoms with Crippen LogP contribution in [-0.4, -0.2) is 64.8 Å². The van der Waals surface area contributed by atoms with Crippen LogP contribution in [0.2, 0.25) is 0 Å². The molecular formula is C18H22N6O2S2. The van der Waals surface area contributed by atoms with Gasteiger partial charge in [-0.2, -0.15) is 5.10 Å². The maximum absolute atomic E-state index is 12.1. The zero-order valence-corrected chi connectivity index (χ0v) is 17.3. The summed E-state index contributed by atoms with van der Waals surface area (Å²) in [5.41, 5.74) is 0.799. The Morgan fingerprint density at radius 3 is 2.96 bits per heavy atom. The van der Waals surface area contributed by atoms with Gasteiger partial charge >= 0.3 is 0 Å². The Kier molecular flexibility index (Phi) is 6.08. The van der Waals surface area contributed by atoms with Gasteiger partial charge in [-0.15, -0.1) is 11.3 Å². The average molecular weight is 419 g/mol. The topological polar surface area (TPSA) is 85.2 Å². The van der Waals surface area contributed by atoms with Gasteiger partial charge < -0.3 is 15.0 Å². The third-order valence-electron chi connectivity index (χ3n) is 4.51. The van der Waals surface area contributed by atoms with E-state index in [0.29, 0.717) is 32.7 Å². The minimum absolute atomic E-state index is 0.0207. The van der Waals surface area contributed by atoms with Gasteiger partial charge in [-0.05, 0) is 17.7 Å². The van der Waals surface area contributed by atoms with Crippen LogP contribution in [0.3, 0.4) is 0 Å². The monoisotopic (exact) mass is 418 g/mol. The van der Waals surface area contributed by atoms with Gasteiger partial charge in [0.25, 0.3) is 0 Å². The van der Waals surface area contributed by atoms with Crippen LogP contribution < -0.4 is 10.2 Å². The maximum Gasteiger partial charge on any atom is 0.225 e. The number of carbonyl (C=O) groups is 1. The van der Waals surface area contributed by atoms with E-state index >= 15 is 0 Å². The van der Waals surface area contributed by atoms with Gasteiger partial charge in [-0.3, -0.25) is 4.79 Å². The highest BCUT2D eigenvalue weighted by Crippen LogP contribution is 2.27. The Balaban J connectivity index is 1.47. The van der Waals surface area contributed by atoms with Crippen LogP contribution in [0.5, 0.6) is 0 Å². The van der Waals surface area contributed by atoms with Gasteiger partial charge in [0.1, 0.15) is 5.82 Å². The molecule has 3 aromatic heterocycles. The molecule has 10 heteroatoms. The smallest absolute Gasteiger partial charge is 0.225 e. The molecule has 0 spiro atoms. The van der Waals surface area contributed by atoms with E-state index in [2.05, 4.69) is 20.3 Å². The van der Waals surface area contributed by atoms with E-state index < -0.39 is 0 Å². The molecule has 1 aliphatic heterocycles. The summed E-state index contributed by atoms with van der Waals surface area (Å²) in [6.07, 6.45) is 4.20. The van der Waals surface area contributed by atoms with Crippen molar-refractivity contribution in [2.45, 2.75) is 18.1 Å². The van der Waals surface area contributed by atoms with Crippen molar-refractivity contribution in [1.29, 1.82) is 0 Å². The zero-order chi connectivity index (χ0) is 19.3. The molecule has 1 saturated heterocycles. The maximum atomic E-state index is 12.1. The van der Waals surface area contributed by atoms with Crippen molar-refractivity contribution in [3.63, 3.8) is 0 Å². The first-order valence-corrected chi connectivity index (χ1v) is 11.2. The van der Waals surface area contributed by atoms with Crippen molar-refractivity contribution in [1.82, 2.24) is 25.1 Å². The number of thioether (sulfide) groups is 1. The lowest BCUT2D eigenvalue weighted by molar-refractivity contribution is -0.120. The molecule has 1 amide bonds. The molecule has 0 unspecified atom stereocenters. The lowest BCUT2D eigenvalue weighted by atomic mass is 10.3. The number of aromatic nitrogens is 4. The molecule has 1 aliphatic rings. The number of nitrogens with one attached hydrogen (secondary N) is 1. The lowest BCUT2D eigenvalue weighted by Gasteiger charge is -2.28. The van der Waals surface area contributed by atoms with E-state index in [9.17, 15) is 4.79 Å². The summed E-state index contributed by atoms with van der Waals surface area (Å²) in [7, 11) is 0. The van der Waals surface area contributed by atoms with Gasteiger partial charge in [0.2, 0.25) is 5.91 Å². The lowest BCUT2D eigenvalue weighted by Crippen LogP contribution is -2.37. The van der Waals surface area contributed by atoms with Crippen LogP contribution in [0.15, 0.2) is 28.9 Å². The van der Waals surface area contributed by atoms with Gasteiger partial charge in [-0.25, -0.2) is 14.6 Å². The number of thiophene rings is 1. The molecule has 8 nitrogen and oxygen atoms in total. The summed E-state index contributed by atoms with van der Waals surface area (Å²) in [6.45, 7) is 4.09. The van der Waals surface area contributed by atoms with Crippen LogP contribution in [0.25, 0.3) is 11.0 Å². The first kappa shape index (κ1) is 19.2. The molecule has 28 heavy (non-hydrogen) atoms. The van der Waals surface area contributed by atoms with Crippen LogP contribution in [0, 0.1) is 0 Å². The number of rotatable bonds is 7. The fourth-order valence-corrected chi connectivity index (χ4v) is 4.19. The van der Waals surface area contributed by atoms with E-state index in [1.165, 1.54) is 11.8 Å². The quantitative estimate of drug-likeness (QED) is 0.463. The van der Waals surface area contributed by atoms with Crippen LogP contribution in [0.1, 0.15) is 4.88 Å². The summed E-state index contributed by atoms with van der Waals surface area (Å²) >= 11 is 3.11. The second-order valence-electron chi connectivity index (χ2n) is 6.34. The number of carbonyl (C=O) groups excluding carboxylic acids is 1. The summed E-state index contributed by atoms with van der Waals surface area (Å²) in [5, 5.41) is 11.1. The number of amides is 1. The number of hydrogen-bond donors (Lipinski definition) is 1. The molecular weight excluding hydrogens is 396 g/mol. The SMILES string of the molecule is CSc1nc(N2CCOCC2)c2cnn(CCNC(=O)Cc3cccs3)c2n1. The number of anilines is 1. The number of ether oxygens (including phenoxy) is 1. The predicted octanol–water partition coefficient (Wildman–Crippen LogP) is 1.81. The minimum Gasteiger partial charge on any atom is -0.378 e. The Labute approximate surface area is 171 Å². The van der Waals surface area contributed by atoms with Gasteiger partial charge in [0.15, 0.2) is 10.8 Å². The van der Waals surface area contributed by atoms with E-state index in [-0.39, 0.29) is 5.91 Å². The highest BCUT2D eigenvalue weighted by molar-refractivity contribution is 7.98. The molecule has 3 aromatic rings. The molecule has 1 N–H and O–H groups in total. The van der Waals surface area contributed by atoms with Gasteiger partial charge in [0.05, 0.1) is 37.8 Å². The zero-order valence-electron chi connectivity index (χ0n) is 15.6. The fraction of sp³-hybridized carbons (Fsp3) is 0.444. The van der Waals surface area contributed by atoms with Crippen molar-refractivity contribution < 1.29 is 9.53 Å². The second-order valence-corrected chi connectivity index (χ2v) is 8.15. The van der Waals surface area contributed by atoms with Crippen molar-refractivity contribution in [2.24, 2.45) is 0 Å². The molecule has 4 rings (SSSR count). The number of fused-ring (bicyclic) bond motifs is 1. The fourth-order valence-electron chi connectivity index (χ4n) is 3.13. The molecule has 0 radical (unpaired) electrons. The highest BCUT2D eigenvalue weighted by atomic mass is 32.2. The minimum atomic E-state index is 0.0207. The summed E-state index contributed by atoms with van der Waals surface area (Å²) < 4.78 is 7.30. The van der Waals surface area contributed by atoms with E-state index in [4.69, 9.17) is 9.72 Å². The van der Waals surface area contributed by atoms with Gasteiger partial charge in [-0.1, -0.05) is 17.8 Å². The van der Waals surface area contributed by atoms with Crippen molar-refractivity contribution in [3.05, 3.63) is 28.6 Å². The molecule has 0 bridgehead atoms. The van der Waals surface area contributed by atoms with Crippen LogP contribution in [-0.2, 0) is 22.5 Å². The molecule has 0 saturated carbocycles. The van der Waals surface area contributed by atoms with E-state index in [1.807, 2.05) is 34.6 Å². The van der Waals surface area contributed by atoms with Crippen molar-refractivity contribution >= 4 is 45.9 Å². The first-order valence-electron chi connectivity index (χ1n) is 9.14. The molecule has 4 heterocycles. The predicted molar refractivity (Wildman–Crippen MR) is 111 cm³/mol. The summed E-state index contributed by atoms with van der Waals surface area (Å²) in [6, 6.07) is 3.93. The van der Waals surface area contributed by atoms with Crippen LogP contribution in [0.4, 0.5) is 5.82 Å². The average Bonchev–Trinajstić information content (AvgIpc) is 3.38. The van der Waals surface area contributed by atoms with E-state index in [1.54, 1.807) is 11.3 Å². The number of hydrogen-bond acceptors (Lipinski definition) is 8. The summed E-state index contributed by atoms with van der Waals surface area (Å²) in [4.78, 5) is 24.7. The Morgan fingerprint density at radius 2 is 2.21 bits per heavy atom. The number of nitrogens with zero attached hydrogens (tertiary/aromatic N) is 5. The van der Waals surface area contributed by atoms with Gasteiger partial charge in [0, 0.05) is 24.5 Å². The standard InChI is InChI=1S/C18H22N6O2S2/c1-27-18-21-16(23-6-8-26-9-7-23)14-12-20-24(17(14)22-18)5-4-19-15(25)11-13-3-2-10-28-13/h2-3,10,12H,4-9,11H2,1H3,(H,19,25). The number of morpholine rings is 1. The first-order chi connectivity index (χ1) is 13.7. The van der Waals surface area contributed by atoms with Crippen LogP contribution >= 0.6 is 23.1 Å². The third-order valence-corrected chi connectivity index (χ3v) is 5.93. The molecule has 1 fully saturated rings. The van der Waals surface area contributed by atoms with E-state index in [0.717, 1.165) is 40.0 Å². The normalized spacial score (nSPS) is 14.5. The highest BCUT2D eigenvalue weighted by Gasteiger charge is 2.20.